The molecule has 0 spiro atoms. The Hall–Kier alpha value is -1.09. The molecular formula is C15H20O3. The van der Waals surface area contributed by atoms with Gasteiger partial charge < -0.3 is 9.84 Å². The number of carbonyl (C=O) groups excluding carboxylic acids is 1. The van der Waals surface area contributed by atoms with Gasteiger partial charge in [-0.1, -0.05) is 18.2 Å². The van der Waals surface area contributed by atoms with Crippen molar-refractivity contribution in [1.29, 1.82) is 0 Å². The first-order valence-electron chi connectivity index (χ1n) is 6.70. The summed E-state index contributed by atoms with van der Waals surface area (Å²) in [7, 11) is 0. The number of fused-ring (bicyclic) bond motifs is 3. The molecule has 1 saturated carbocycles. The van der Waals surface area contributed by atoms with E-state index >= 15 is 0 Å². The summed E-state index contributed by atoms with van der Waals surface area (Å²) in [4.78, 5) is 11.7. The van der Waals surface area contributed by atoms with Crippen LogP contribution in [0.5, 0.6) is 0 Å². The van der Waals surface area contributed by atoms with Crippen LogP contribution in [0.4, 0.5) is 0 Å². The number of ether oxygens (including phenoxy) is 1. The van der Waals surface area contributed by atoms with E-state index in [0.29, 0.717) is 12.0 Å². The van der Waals surface area contributed by atoms with Crippen molar-refractivity contribution in [2.45, 2.75) is 44.8 Å². The van der Waals surface area contributed by atoms with Crippen molar-refractivity contribution in [3.05, 3.63) is 23.8 Å². The van der Waals surface area contributed by atoms with Crippen LogP contribution in [-0.4, -0.2) is 22.8 Å². The van der Waals surface area contributed by atoms with Crippen LogP contribution in [0.25, 0.3) is 0 Å². The third-order valence-corrected chi connectivity index (χ3v) is 5.12. The van der Waals surface area contributed by atoms with Gasteiger partial charge in [-0.05, 0) is 33.1 Å². The van der Waals surface area contributed by atoms with Crippen LogP contribution in [0.1, 0.15) is 33.1 Å². The van der Waals surface area contributed by atoms with E-state index in [1.165, 1.54) is 5.57 Å². The lowest BCUT2D eigenvalue weighted by atomic mass is 9.76. The standard InChI is InChI=1S/C15H20O3/c1-8-4-5-11-12(8)13-10(6-7-15(11,3)17)9(2)14(16)18-13/h4,10-13,17H,2,5-7H2,1,3H3/t10-,11+,12-,13+,15+/m0/s1. The maximum atomic E-state index is 11.7. The maximum absolute atomic E-state index is 11.7. The SMILES string of the molecule is C=C1C(=O)O[C@H]2[C@H]3C(C)=CC[C@H]3[C@](C)(O)CC[C@@H]12. The minimum Gasteiger partial charge on any atom is -0.458 e. The lowest BCUT2D eigenvalue weighted by molar-refractivity contribution is -0.142. The highest BCUT2D eigenvalue weighted by Crippen LogP contribution is 2.51. The Balaban J connectivity index is 2.01. The van der Waals surface area contributed by atoms with Gasteiger partial charge in [-0.2, -0.15) is 0 Å². The van der Waals surface area contributed by atoms with Gasteiger partial charge in [0.05, 0.1) is 5.60 Å². The highest BCUT2D eigenvalue weighted by molar-refractivity contribution is 5.90. The van der Waals surface area contributed by atoms with E-state index in [1.807, 2.05) is 6.92 Å². The fourth-order valence-corrected chi connectivity index (χ4v) is 3.97. The number of esters is 1. The summed E-state index contributed by atoms with van der Waals surface area (Å²) in [6, 6.07) is 0. The second-order valence-corrected chi connectivity index (χ2v) is 6.21. The molecule has 2 fully saturated rings. The van der Waals surface area contributed by atoms with E-state index in [2.05, 4.69) is 19.6 Å². The van der Waals surface area contributed by atoms with E-state index in [-0.39, 0.29) is 29.8 Å². The number of hydrogen-bond acceptors (Lipinski definition) is 3. The number of hydrogen-bond donors (Lipinski definition) is 1. The summed E-state index contributed by atoms with van der Waals surface area (Å²) in [6.07, 6.45) is 4.47. The van der Waals surface area contributed by atoms with E-state index in [0.717, 1.165) is 12.8 Å². The molecule has 0 unspecified atom stereocenters. The summed E-state index contributed by atoms with van der Waals surface area (Å²) < 4.78 is 5.54. The largest absolute Gasteiger partial charge is 0.458 e. The zero-order chi connectivity index (χ0) is 13.1. The molecule has 3 rings (SSSR count). The highest BCUT2D eigenvalue weighted by atomic mass is 16.6. The van der Waals surface area contributed by atoms with E-state index in [1.54, 1.807) is 0 Å². The van der Waals surface area contributed by atoms with Crippen molar-refractivity contribution in [2.24, 2.45) is 17.8 Å². The molecule has 2 aliphatic carbocycles. The van der Waals surface area contributed by atoms with Gasteiger partial charge >= 0.3 is 5.97 Å². The first-order chi connectivity index (χ1) is 8.42. The topological polar surface area (TPSA) is 46.5 Å². The average molecular weight is 248 g/mol. The van der Waals surface area contributed by atoms with Crippen molar-refractivity contribution in [3.8, 4) is 0 Å². The predicted octanol–water partition coefficient (Wildman–Crippen LogP) is 2.21. The molecule has 1 N–H and O–H groups in total. The Morgan fingerprint density at radius 2 is 2.28 bits per heavy atom. The van der Waals surface area contributed by atoms with E-state index < -0.39 is 5.60 Å². The molecule has 3 heteroatoms. The molecule has 0 aromatic carbocycles. The number of carbonyl (C=O) groups is 1. The molecule has 0 aromatic heterocycles. The number of allylic oxidation sites excluding steroid dienone is 1. The Bertz CT molecular complexity index is 447. The molecule has 1 heterocycles. The molecule has 3 nitrogen and oxygen atoms in total. The van der Waals surface area contributed by atoms with E-state index in [4.69, 9.17) is 4.74 Å². The van der Waals surface area contributed by atoms with Crippen molar-refractivity contribution in [1.82, 2.24) is 0 Å². The fourth-order valence-electron chi connectivity index (χ4n) is 3.97. The Labute approximate surface area is 108 Å². The molecule has 5 atom stereocenters. The fraction of sp³-hybridized carbons (Fsp3) is 0.667. The van der Waals surface area contributed by atoms with Crippen molar-refractivity contribution < 1.29 is 14.6 Å². The van der Waals surface area contributed by atoms with Gasteiger partial charge in [0.25, 0.3) is 0 Å². The lowest BCUT2D eigenvalue weighted by Gasteiger charge is -2.34. The lowest BCUT2D eigenvalue weighted by Crippen LogP contribution is -2.39. The van der Waals surface area contributed by atoms with Gasteiger partial charge in [0, 0.05) is 23.3 Å². The first-order valence-corrected chi connectivity index (χ1v) is 6.70. The van der Waals surface area contributed by atoms with Gasteiger partial charge in [-0.25, -0.2) is 4.79 Å². The Morgan fingerprint density at radius 1 is 1.56 bits per heavy atom. The van der Waals surface area contributed by atoms with Crippen molar-refractivity contribution >= 4 is 5.97 Å². The summed E-state index contributed by atoms with van der Waals surface area (Å²) in [5.74, 6) is 0.173. The summed E-state index contributed by atoms with van der Waals surface area (Å²) in [6.45, 7) is 7.87. The van der Waals surface area contributed by atoms with Gasteiger partial charge in [-0.15, -0.1) is 0 Å². The normalized spacial score (nSPS) is 47.2. The zero-order valence-electron chi connectivity index (χ0n) is 11.0. The summed E-state index contributed by atoms with van der Waals surface area (Å²) in [5, 5.41) is 10.6. The second-order valence-electron chi connectivity index (χ2n) is 6.21. The molecule has 1 aliphatic heterocycles. The van der Waals surface area contributed by atoms with Crippen LogP contribution in [0, 0.1) is 17.8 Å². The van der Waals surface area contributed by atoms with Crippen molar-refractivity contribution in [2.75, 3.05) is 0 Å². The smallest absolute Gasteiger partial charge is 0.334 e. The van der Waals surface area contributed by atoms with Crippen LogP contribution >= 0.6 is 0 Å². The molecule has 0 aromatic rings. The molecule has 0 bridgehead atoms. The molecule has 3 aliphatic rings. The van der Waals surface area contributed by atoms with Gasteiger partial charge in [0.2, 0.25) is 0 Å². The van der Waals surface area contributed by atoms with Crippen molar-refractivity contribution in [3.63, 3.8) is 0 Å². The van der Waals surface area contributed by atoms with Gasteiger partial charge in [0.1, 0.15) is 6.10 Å². The minimum atomic E-state index is -0.671. The second kappa shape index (κ2) is 3.70. The number of rotatable bonds is 0. The maximum Gasteiger partial charge on any atom is 0.334 e. The predicted molar refractivity (Wildman–Crippen MR) is 67.7 cm³/mol. The minimum absolute atomic E-state index is 0.0837. The molecule has 0 radical (unpaired) electrons. The van der Waals surface area contributed by atoms with Crippen LogP contribution < -0.4 is 0 Å². The highest BCUT2D eigenvalue weighted by Gasteiger charge is 2.54. The third kappa shape index (κ3) is 1.50. The average Bonchev–Trinajstić information content (AvgIpc) is 2.76. The third-order valence-electron chi connectivity index (χ3n) is 5.12. The monoisotopic (exact) mass is 248 g/mol. The van der Waals surface area contributed by atoms with Gasteiger partial charge in [-0.3, -0.25) is 0 Å². The molecule has 0 amide bonds. The first kappa shape index (κ1) is 12.0. The van der Waals surface area contributed by atoms with Crippen LogP contribution in [0.3, 0.4) is 0 Å². The van der Waals surface area contributed by atoms with Gasteiger partial charge in [0.15, 0.2) is 0 Å². The quantitative estimate of drug-likeness (QED) is 0.406. The summed E-state index contributed by atoms with van der Waals surface area (Å²) in [5.41, 5.74) is 1.17. The van der Waals surface area contributed by atoms with Crippen LogP contribution in [0.15, 0.2) is 23.8 Å². The molecular weight excluding hydrogens is 228 g/mol. The summed E-state index contributed by atoms with van der Waals surface area (Å²) >= 11 is 0. The molecule has 98 valence electrons. The zero-order valence-corrected chi connectivity index (χ0v) is 11.0. The molecule has 1 saturated heterocycles. The van der Waals surface area contributed by atoms with E-state index in [9.17, 15) is 9.90 Å². The van der Waals surface area contributed by atoms with Crippen LogP contribution in [0.2, 0.25) is 0 Å². The number of aliphatic hydroxyl groups is 1. The Morgan fingerprint density at radius 3 is 3.00 bits per heavy atom. The Kier molecular flexibility index (Phi) is 2.46. The van der Waals surface area contributed by atoms with Crippen LogP contribution in [-0.2, 0) is 9.53 Å². The molecule has 18 heavy (non-hydrogen) atoms.